The number of benzene rings is 1. The van der Waals surface area contributed by atoms with Crippen LogP contribution in [-0.2, 0) is 11.3 Å². The van der Waals surface area contributed by atoms with Crippen LogP contribution in [0.5, 0.6) is 0 Å². The second-order valence-corrected chi connectivity index (χ2v) is 6.14. The number of H-pyrrole nitrogens is 1. The third-order valence-electron chi connectivity index (χ3n) is 3.60. The van der Waals surface area contributed by atoms with E-state index in [1.54, 1.807) is 12.1 Å². The molecule has 0 aliphatic carbocycles. The molecule has 0 atom stereocenters. The molecule has 2 aromatic heterocycles. The summed E-state index contributed by atoms with van der Waals surface area (Å²) in [6.07, 6.45) is 1.42. The van der Waals surface area contributed by atoms with Gasteiger partial charge in [-0.15, -0.1) is 0 Å². The Morgan fingerprint density at radius 1 is 1.36 bits per heavy atom. The number of hydrogen-bond acceptors (Lipinski definition) is 5. The molecule has 0 unspecified atom stereocenters. The fourth-order valence-electron chi connectivity index (χ4n) is 2.21. The van der Waals surface area contributed by atoms with Gasteiger partial charge in [-0.2, -0.15) is 9.89 Å². The van der Waals surface area contributed by atoms with Gasteiger partial charge in [0.05, 0.1) is 16.2 Å². The predicted octanol–water partition coefficient (Wildman–Crippen LogP) is 2.15. The number of rotatable bonds is 4. The average molecular weight is 381 g/mol. The smallest absolute Gasteiger partial charge is 0.280 e. The molecule has 0 spiro atoms. The Balaban J connectivity index is 1.87. The van der Waals surface area contributed by atoms with Gasteiger partial charge in [0.15, 0.2) is 5.52 Å². The van der Waals surface area contributed by atoms with E-state index >= 15 is 0 Å². The number of hydrogen-bond donors (Lipinski definition) is 2. The van der Waals surface area contributed by atoms with Crippen molar-refractivity contribution in [1.29, 1.82) is 0 Å². The molecule has 25 heavy (non-hydrogen) atoms. The Labute approximate surface area is 152 Å². The Bertz CT molecular complexity index is 1010. The van der Waals surface area contributed by atoms with Crippen LogP contribution in [0.1, 0.15) is 12.5 Å². The highest BCUT2D eigenvalue weighted by molar-refractivity contribution is 6.42. The zero-order valence-electron chi connectivity index (χ0n) is 13.4. The number of aromatic nitrogens is 4. The lowest BCUT2D eigenvalue weighted by Gasteiger charge is -2.15. The molecule has 1 aromatic carbocycles. The molecule has 1 amide bonds. The highest BCUT2D eigenvalue weighted by Crippen LogP contribution is 2.22. The quantitative estimate of drug-likeness (QED) is 0.722. The van der Waals surface area contributed by atoms with E-state index in [9.17, 15) is 9.59 Å². The fraction of sp³-hybridized carbons (Fsp3) is 0.200. The number of amides is 1. The fourth-order valence-corrected chi connectivity index (χ4v) is 2.54. The first-order valence-electron chi connectivity index (χ1n) is 7.27. The summed E-state index contributed by atoms with van der Waals surface area (Å²) < 4.78 is 0. The summed E-state index contributed by atoms with van der Waals surface area (Å²) in [6.45, 7) is 1.77. The van der Waals surface area contributed by atoms with Crippen LogP contribution in [0.25, 0.3) is 11.0 Å². The van der Waals surface area contributed by atoms with Crippen molar-refractivity contribution >= 4 is 46.1 Å². The molecule has 0 saturated carbocycles. The van der Waals surface area contributed by atoms with Gasteiger partial charge in [0.1, 0.15) is 5.52 Å². The maximum Gasteiger partial charge on any atom is 0.280 e. The number of carbonyl (C=O) groups is 1. The van der Waals surface area contributed by atoms with Gasteiger partial charge in [-0.25, -0.2) is 9.99 Å². The summed E-state index contributed by atoms with van der Waals surface area (Å²) in [5, 5.41) is 9.20. The zero-order valence-corrected chi connectivity index (χ0v) is 14.9. The van der Waals surface area contributed by atoms with Crippen molar-refractivity contribution in [3.05, 3.63) is 50.4 Å². The topological polar surface area (TPSA) is 95.9 Å². The van der Waals surface area contributed by atoms with Crippen LogP contribution >= 0.6 is 23.2 Å². The first kappa shape index (κ1) is 17.2. The predicted molar refractivity (Wildman–Crippen MR) is 96.8 cm³/mol. The molecular weight excluding hydrogens is 367 g/mol. The number of nitrogens with zero attached hydrogens (tertiary/aromatic N) is 4. The molecule has 3 rings (SSSR count). The monoisotopic (exact) mass is 380 g/mol. The normalized spacial score (nSPS) is 10.9. The first-order chi connectivity index (χ1) is 11.9. The summed E-state index contributed by atoms with van der Waals surface area (Å²) in [6, 6.07) is 5.24. The number of anilines is 1. The molecule has 0 fully saturated rings. The SMILES string of the molecule is CC(=O)N(C)n1ncc2nc(NCc3ccc(Cl)c(Cl)c3)[nH]c(=O)c21. The molecule has 0 saturated heterocycles. The van der Waals surface area contributed by atoms with Gasteiger partial charge in [-0.3, -0.25) is 14.6 Å². The van der Waals surface area contributed by atoms with E-state index in [1.165, 1.54) is 30.0 Å². The number of halogens is 2. The van der Waals surface area contributed by atoms with Crippen LogP contribution < -0.4 is 15.9 Å². The molecule has 2 N–H and O–H groups in total. The minimum Gasteiger partial charge on any atom is -0.352 e. The third-order valence-corrected chi connectivity index (χ3v) is 4.33. The molecule has 0 radical (unpaired) electrons. The van der Waals surface area contributed by atoms with E-state index in [2.05, 4.69) is 20.4 Å². The average Bonchev–Trinajstić information content (AvgIpc) is 2.99. The molecule has 130 valence electrons. The molecule has 0 bridgehead atoms. The minimum absolute atomic E-state index is 0.192. The summed E-state index contributed by atoms with van der Waals surface area (Å²) in [5.41, 5.74) is 1.03. The first-order valence-corrected chi connectivity index (χ1v) is 8.03. The third kappa shape index (κ3) is 3.45. The molecular formula is C15H14Cl2N6O2. The Hall–Kier alpha value is -2.58. The lowest BCUT2D eigenvalue weighted by Crippen LogP contribution is -2.37. The standard InChI is InChI=1S/C15H14Cl2N6O2/c1-8(24)22(2)23-13-12(7-19-23)20-15(21-14(13)25)18-6-9-3-4-10(16)11(17)5-9/h3-5,7H,6H2,1-2H3,(H2,18,20,21,25). The zero-order chi connectivity index (χ0) is 18.1. The second-order valence-electron chi connectivity index (χ2n) is 5.33. The lowest BCUT2D eigenvalue weighted by atomic mass is 10.2. The second kappa shape index (κ2) is 6.73. The van der Waals surface area contributed by atoms with Crippen LogP contribution in [-0.4, -0.2) is 32.8 Å². The number of fused-ring (bicyclic) bond motifs is 1. The van der Waals surface area contributed by atoms with Gasteiger partial charge in [0.2, 0.25) is 11.9 Å². The lowest BCUT2D eigenvalue weighted by molar-refractivity contribution is -0.117. The Morgan fingerprint density at radius 3 is 2.80 bits per heavy atom. The van der Waals surface area contributed by atoms with E-state index in [-0.39, 0.29) is 17.4 Å². The molecule has 8 nitrogen and oxygen atoms in total. The summed E-state index contributed by atoms with van der Waals surface area (Å²) in [4.78, 5) is 32.0. The van der Waals surface area contributed by atoms with E-state index < -0.39 is 5.56 Å². The molecule has 10 heteroatoms. The molecule has 0 aliphatic heterocycles. The van der Waals surface area contributed by atoms with Crippen molar-refractivity contribution < 1.29 is 4.79 Å². The van der Waals surface area contributed by atoms with Crippen molar-refractivity contribution in [3.63, 3.8) is 0 Å². The van der Waals surface area contributed by atoms with Gasteiger partial charge in [-0.1, -0.05) is 29.3 Å². The van der Waals surface area contributed by atoms with Crippen LogP contribution in [0, 0.1) is 0 Å². The Morgan fingerprint density at radius 2 is 2.12 bits per heavy atom. The van der Waals surface area contributed by atoms with Crippen molar-refractivity contribution in [2.75, 3.05) is 17.4 Å². The molecule has 3 aromatic rings. The van der Waals surface area contributed by atoms with Gasteiger partial charge in [0, 0.05) is 20.5 Å². The van der Waals surface area contributed by atoms with Crippen LogP contribution in [0.2, 0.25) is 10.0 Å². The highest BCUT2D eigenvalue weighted by atomic mass is 35.5. The van der Waals surface area contributed by atoms with Gasteiger partial charge < -0.3 is 5.32 Å². The Kier molecular flexibility index (Phi) is 4.65. The van der Waals surface area contributed by atoms with E-state index in [1.807, 2.05) is 6.07 Å². The van der Waals surface area contributed by atoms with Crippen molar-refractivity contribution in [1.82, 2.24) is 19.9 Å². The van der Waals surface area contributed by atoms with Crippen LogP contribution in [0.3, 0.4) is 0 Å². The van der Waals surface area contributed by atoms with E-state index in [0.29, 0.717) is 22.1 Å². The van der Waals surface area contributed by atoms with Crippen LogP contribution in [0.15, 0.2) is 29.2 Å². The highest BCUT2D eigenvalue weighted by Gasteiger charge is 2.15. The number of aromatic amines is 1. The van der Waals surface area contributed by atoms with Crippen molar-refractivity contribution in [2.45, 2.75) is 13.5 Å². The number of carbonyl (C=O) groups excluding carboxylic acids is 1. The molecule has 2 heterocycles. The van der Waals surface area contributed by atoms with Gasteiger partial charge in [-0.05, 0) is 17.7 Å². The van der Waals surface area contributed by atoms with Gasteiger partial charge >= 0.3 is 0 Å². The molecule has 0 aliphatic rings. The maximum absolute atomic E-state index is 12.3. The van der Waals surface area contributed by atoms with Crippen molar-refractivity contribution in [3.8, 4) is 0 Å². The van der Waals surface area contributed by atoms with Gasteiger partial charge in [0.25, 0.3) is 5.56 Å². The van der Waals surface area contributed by atoms with E-state index in [0.717, 1.165) is 5.56 Å². The minimum atomic E-state index is -0.410. The summed E-state index contributed by atoms with van der Waals surface area (Å²) in [5.74, 6) is 0.0276. The maximum atomic E-state index is 12.3. The van der Waals surface area contributed by atoms with E-state index in [4.69, 9.17) is 23.2 Å². The van der Waals surface area contributed by atoms with Crippen molar-refractivity contribution in [2.24, 2.45) is 0 Å². The largest absolute Gasteiger partial charge is 0.352 e. The summed E-state index contributed by atoms with van der Waals surface area (Å²) in [7, 11) is 1.52. The number of nitrogens with one attached hydrogen (secondary N) is 2. The van der Waals surface area contributed by atoms with Crippen LogP contribution in [0.4, 0.5) is 5.95 Å². The summed E-state index contributed by atoms with van der Waals surface area (Å²) >= 11 is 11.9.